The van der Waals surface area contributed by atoms with Crippen molar-refractivity contribution in [3.05, 3.63) is 6.33 Å². The predicted molar refractivity (Wildman–Crippen MR) is 123 cm³/mol. The van der Waals surface area contributed by atoms with E-state index in [2.05, 4.69) is 45.1 Å². The van der Waals surface area contributed by atoms with Gasteiger partial charge in [0.2, 0.25) is 5.95 Å². The molecule has 0 amide bonds. The van der Waals surface area contributed by atoms with Crippen molar-refractivity contribution in [3.63, 3.8) is 0 Å². The molecule has 34 heavy (non-hydrogen) atoms. The van der Waals surface area contributed by atoms with Gasteiger partial charge in [-0.2, -0.15) is 9.97 Å². The molecule has 2 fully saturated rings. The van der Waals surface area contributed by atoms with Gasteiger partial charge in [-0.3, -0.25) is 9.09 Å². The summed E-state index contributed by atoms with van der Waals surface area (Å²) in [5.74, 6) is -0.820. The molecule has 4 heterocycles. The van der Waals surface area contributed by atoms with Crippen LogP contribution in [0.5, 0.6) is 0 Å². The summed E-state index contributed by atoms with van der Waals surface area (Å²) in [6.45, 7) is 13.2. The SMILES string of the molecule is CC1(C)O[C@@H]2[C@H](O1)[C@@H](COP(=O)(O)O)O[C@H]2n1cnc2c(N)nc(N)nc21.CCN(CC)CC. The molecule has 0 unspecified atom stereocenters. The van der Waals surface area contributed by atoms with E-state index in [1.165, 1.54) is 26.0 Å². The molecule has 0 bridgehead atoms. The molecule has 15 heteroatoms. The van der Waals surface area contributed by atoms with Gasteiger partial charge in [0.15, 0.2) is 23.5 Å². The lowest BCUT2D eigenvalue weighted by Crippen LogP contribution is -2.32. The minimum Gasteiger partial charge on any atom is -0.382 e. The number of fused-ring (bicyclic) bond motifs is 2. The first-order chi connectivity index (χ1) is 15.9. The maximum atomic E-state index is 11.1. The number of aromatic nitrogens is 4. The first-order valence-electron chi connectivity index (χ1n) is 11.1. The smallest absolute Gasteiger partial charge is 0.382 e. The fourth-order valence-corrected chi connectivity index (χ4v) is 4.34. The Kier molecular flexibility index (Phi) is 8.15. The summed E-state index contributed by atoms with van der Waals surface area (Å²) < 4.78 is 34.9. The van der Waals surface area contributed by atoms with Crippen LogP contribution in [0.3, 0.4) is 0 Å². The Labute approximate surface area is 197 Å². The highest BCUT2D eigenvalue weighted by Crippen LogP contribution is 2.45. The van der Waals surface area contributed by atoms with Gasteiger partial charge < -0.3 is 40.4 Å². The number of nitrogens with two attached hydrogens (primary N) is 2. The standard InChI is InChI=1S/C13H19N6O7P.C6H15N/c1-13(2)25-7-5(3-23-27(20,21)22)24-11(8(7)26-13)19-4-16-6-9(14)17-12(15)18-10(6)19;1-4-7(5-2)6-3/h4-5,7-8,11H,3H2,1-2H3,(H2,20,21,22)(H4,14,15,17,18);4-6H2,1-3H3/t5-,7-,8-,11-;/m1./s1. The van der Waals surface area contributed by atoms with Gasteiger partial charge in [0, 0.05) is 0 Å². The van der Waals surface area contributed by atoms with Crippen molar-refractivity contribution >= 4 is 30.8 Å². The summed E-state index contributed by atoms with van der Waals surface area (Å²) in [5, 5.41) is 0. The highest BCUT2D eigenvalue weighted by molar-refractivity contribution is 7.46. The normalized spacial score (nSPS) is 26.0. The number of imidazole rings is 1. The van der Waals surface area contributed by atoms with Gasteiger partial charge in [0.25, 0.3) is 0 Å². The molecule has 192 valence electrons. The lowest BCUT2D eigenvalue weighted by atomic mass is 10.1. The summed E-state index contributed by atoms with van der Waals surface area (Å²) in [4.78, 5) is 32.5. The minimum absolute atomic E-state index is 0.0263. The van der Waals surface area contributed by atoms with Gasteiger partial charge in [-0.15, -0.1) is 0 Å². The van der Waals surface area contributed by atoms with Crippen LogP contribution in [0.25, 0.3) is 11.2 Å². The van der Waals surface area contributed by atoms with E-state index in [-0.39, 0.29) is 18.4 Å². The van der Waals surface area contributed by atoms with E-state index in [4.69, 9.17) is 35.5 Å². The molecule has 2 aromatic rings. The Morgan fingerprint density at radius 3 is 2.32 bits per heavy atom. The monoisotopic (exact) mass is 503 g/mol. The maximum absolute atomic E-state index is 11.1. The molecule has 0 aromatic carbocycles. The summed E-state index contributed by atoms with van der Waals surface area (Å²) >= 11 is 0. The number of nitrogens with zero attached hydrogens (tertiary/aromatic N) is 5. The van der Waals surface area contributed by atoms with Crippen LogP contribution in [0.4, 0.5) is 11.8 Å². The zero-order valence-electron chi connectivity index (χ0n) is 20.0. The second-order valence-electron chi connectivity index (χ2n) is 8.33. The van der Waals surface area contributed by atoms with Gasteiger partial charge in [0.1, 0.15) is 23.8 Å². The van der Waals surface area contributed by atoms with Crippen molar-refractivity contribution in [2.75, 3.05) is 37.7 Å². The van der Waals surface area contributed by atoms with Gasteiger partial charge in [-0.05, 0) is 33.5 Å². The number of ether oxygens (including phenoxy) is 3. The van der Waals surface area contributed by atoms with Crippen molar-refractivity contribution in [2.24, 2.45) is 0 Å². The number of rotatable bonds is 7. The first-order valence-corrected chi connectivity index (χ1v) is 12.6. The van der Waals surface area contributed by atoms with Crippen molar-refractivity contribution in [3.8, 4) is 0 Å². The molecule has 6 N–H and O–H groups in total. The fraction of sp³-hybridized carbons (Fsp3) is 0.737. The van der Waals surface area contributed by atoms with Crippen molar-refractivity contribution in [2.45, 2.75) is 64.9 Å². The summed E-state index contributed by atoms with van der Waals surface area (Å²) in [6, 6.07) is 0. The first kappa shape index (κ1) is 26.7. The van der Waals surface area contributed by atoms with Crippen LogP contribution >= 0.6 is 7.82 Å². The third-order valence-electron chi connectivity index (χ3n) is 5.61. The fourth-order valence-electron chi connectivity index (χ4n) is 4.00. The maximum Gasteiger partial charge on any atom is 0.469 e. The molecule has 2 aromatic heterocycles. The number of nitrogen functional groups attached to an aromatic ring is 2. The molecule has 2 saturated heterocycles. The Balaban J connectivity index is 0.000000406. The van der Waals surface area contributed by atoms with E-state index in [1.807, 2.05) is 0 Å². The quantitative estimate of drug-likeness (QED) is 0.389. The third-order valence-corrected chi connectivity index (χ3v) is 6.10. The Morgan fingerprint density at radius 2 is 1.76 bits per heavy atom. The molecule has 4 rings (SSSR count). The molecular weight excluding hydrogens is 469 g/mol. The predicted octanol–water partition coefficient (Wildman–Crippen LogP) is 0.866. The molecular formula is C19H34N7O7P. The molecule has 0 saturated carbocycles. The number of phosphoric acid groups is 1. The van der Waals surface area contributed by atoms with Gasteiger partial charge in [-0.1, -0.05) is 20.8 Å². The Hall–Kier alpha value is -1.90. The van der Waals surface area contributed by atoms with Crippen LogP contribution in [0.15, 0.2) is 6.33 Å². The molecule has 0 spiro atoms. The van der Waals surface area contributed by atoms with E-state index < -0.39 is 38.1 Å². The Morgan fingerprint density at radius 1 is 1.15 bits per heavy atom. The minimum atomic E-state index is -4.67. The number of hydrogen-bond acceptors (Lipinski definition) is 11. The van der Waals surface area contributed by atoms with E-state index in [0.29, 0.717) is 11.2 Å². The summed E-state index contributed by atoms with van der Waals surface area (Å²) in [5.41, 5.74) is 12.2. The average molecular weight is 503 g/mol. The van der Waals surface area contributed by atoms with Crippen LogP contribution in [0.2, 0.25) is 0 Å². The second-order valence-corrected chi connectivity index (χ2v) is 9.57. The highest BCUT2D eigenvalue weighted by Gasteiger charge is 2.56. The summed E-state index contributed by atoms with van der Waals surface area (Å²) in [6.07, 6.45) is -1.30. The van der Waals surface area contributed by atoms with Crippen LogP contribution in [-0.4, -0.2) is 84.5 Å². The zero-order valence-corrected chi connectivity index (χ0v) is 20.9. The number of hydrogen-bond donors (Lipinski definition) is 4. The molecule has 14 nitrogen and oxygen atoms in total. The molecule has 4 atom stereocenters. The van der Waals surface area contributed by atoms with Gasteiger partial charge >= 0.3 is 7.82 Å². The topological polar surface area (TPSA) is 193 Å². The molecule has 2 aliphatic heterocycles. The molecule has 0 aliphatic carbocycles. The van der Waals surface area contributed by atoms with Gasteiger partial charge in [0.05, 0.1) is 12.9 Å². The van der Waals surface area contributed by atoms with Gasteiger partial charge in [-0.25, -0.2) is 9.55 Å². The van der Waals surface area contributed by atoms with E-state index in [1.54, 1.807) is 18.4 Å². The van der Waals surface area contributed by atoms with Crippen LogP contribution in [0.1, 0.15) is 40.8 Å². The largest absolute Gasteiger partial charge is 0.469 e. The third kappa shape index (κ3) is 6.01. The average Bonchev–Trinajstić information content (AvgIpc) is 3.38. The lowest BCUT2D eigenvalue weighted by Gasteiger charge is -2.24. The van der Waals surface area contributed by atoms with Crippen LogP contribution in [0, 0.1) is 0 Å². The van der Waals surface area contributed by atoms with E-state index in [0.717, 1.165) is 0 Å². The number of phosphoric ester groups is 1. The van der Waals surface area contributed by atoms with Crippen LogP contribution in [-0.2, 0) is 23.3 Å². The summed E-state index contributed by atoms with van der Waals surface area (Å²) in [7, 11) is -4.67. The van der Waals surface area contributed by atoms with Crippen molar-refractivity contribution < 1.29 is 33.1 Å². The van der Waals surface area contributed by atoms with E-state index in [9.17, 15) is 4.57 Å². The van der Waals surface area contributed by atoms with Crippen LogP contribution < -0.4 is 11.5 Å². The second kappa shape index (κ2) is 10.4. The zero-order chi connectivity index (χ0) is 25.3. The Bertz CT molecular complexity index is 1020. The number of anilines is 2. The lowest BCUT2D eigenvalue weighted by molar-refractivity contribution is -0.199. The van der Waals surface area contributed by atoms with E-state index >= 15 is 0 Å². The van der Waals surface area contributed by atoms with Crippen molar-refractivity contribution in [1.82, 2.24) is 24.4 Å². The van der Waals surface area contributed by atoms with Crippen molar-refractivity contribution in [1.29, 1.82) is 0 Å². The highest BCUT2D eigenvalue weighted by atomic mass is 31.2. The molecule has 0 radical (unpaired) electrons. The molecule has 2 aliphatic rings.